The molecule has 158 valence electrons. The average Bonchev–Trinajstić information content (AvgIpc) is 3.02. The highest BCUT2D eigenvalue weighted by atomic mass is 19.1. The number of rotatable bonds is 4. The van der Waals surface area contributed by atoms with Gasteiger partial charge in [0.25, 0.3) is 11.8 Å². The van der Waals surface area contributed by atoms with Gasteiger partial charge in [-0.05, 0) is 19.4 Å². The van der Waals surface area contributed by atoms with Gasteiger partial charge in [-0.1, -0.05) is 6.07 Å². The standard InChI is InChI=1S/C20H20F2N4O4/c1-2-25-8-11-6-13(23)15-14(17(27)18(28)16(20(25)30)26(11)15)19(29)24-7-9-3-4-10(21)5-12(9)22/h3-5,11,13,28H,2,6-8,23H2,1H3,(H,24,29)/t11-,13+/m1/s1. The second kappa shape index (κ2) is 7.21. The molecule has 0 fully saturated rings. The van der Waals surface area contributed by atoms with Gasteiger partial charge < -0.3 is 25.6 Å². The van der Waals surface area contributed by atoms with Gasteiger partial charge >= 0.3 is 0 Å². The van der Waals surface area contributed by atoms with Crippen LogP contribution in [0.15, 0.2) is 23.0 Å². The predicted molar refractivity (Wildman–Crippen MR) is 102 cm³/mol. The van der Waals surface area contributed by atoms with Gasteiger partial charge in [-0.25, -0.2) is 8.78 Å². The van der Waals surface area contributed by atoms with E-state index in [0.717, 1.165) is 6.07 Å². The predicted octanol–water partition coefficient (Wildman–Crippen LogP) is 1.18. The first-order valence-electron chi connectivity index (χ1n) is 9.52. The summed E-state index contributed by atoms with van der Waals surface area (Å²) in [5.74, 6) is -3.76. The zero-order valence-corrected chi connectivity index (χ0v) is 16.1. The van der Waals surface area contributed by atoms with Crippen LogP contribution in [-0.4, -0.2) is 39.5 Å². The first-order chi connectivity index (χ1) is 14.2. The number of aromatic nitrogens is 1. The van der Waals surface area contributed by atoms with Gasteiger partial charge in [0.1, 0.15) is 17.2 Å². The number of aromatic hydroxyl groups is 1. The van der Waals surface area contributed by atoms with Gasteiger partial charge in [-0.2, -0.15) is 0 Å². The Balaban J connectivity index is 1.75. The largest absolute Gasteiger partial charge is 0.503 e. The van der Waals surface area contributed by atoms with E-state index < -0.39 is 40.7 Å². The lowest BCUT2D eigenvalue weighted by Crippen LogP contribution is -2.44. The molecule has 1 aromatic carbocycles. The number of amides is 2. The molecular weight excluding hydrogens is 398 g/mol. The van der Waals surface area contributed by atoms with E-state index >= 15 is 0 Å². The van der Waals surface area contributed by atoms with Crippen molar-refractivity contribution in [2.75, 3.05) is 13.1 Å². The molecule has 0 bridgehead atoms. The normalized spacial score (nSPS) is 19.7. The Bertz CT molecular complexity index is 1130. The number of nitrogens with one attached hydrogen (secondary N) is 1. The van der Waals surface area contributed by atoms with Crippen molar-refractivity contribution in [1.29, 1.82) is 0 Å². The summed E-state index contributed by atoms with van der Waals surface area (Å²) in [6.45, 7) is 2.24. The van der Waals surface area contributed by atoms with Crippen LogP contribution in [0.25, 0.3) is 0 Å². The summed E-state index contributed by atoms with van der Waals surface area (Å²) in [5.41, 5.74) is 4.86. The lowest BCUT2D eigenvalue weighted by molar-refractivity contribution is 0.0675. The Kier molecular flexibility index (Phi) is 4.81. The molecule has 4 rings (SSSR count). The van der Waals surface area contributed by atoms with Gasteiger partial charge in [-0.3, -0.25) is 14.4 Å². The van der Waals surface area contributed by atoms with Crippen LogP contribution in [0.2, 0.25) is 0 Å². The highest BCUT2D eigenvalue weighted by Crippen LogP contribution is 2.40. The fourth-order valence-electron chi connectivity index (χ4n) is 4.22. The molecule has 10 heteroatoms. The van der Waals surface area contributed by atoms with Crippen molar-refractivity contribution in [3.8, 4) is 5.75 Å². The molecule has 2 amide bonds. The third kappa shape index (κ3) is 2.95. The Morgan fingerprint density at radius 3 is 2.73 bits per heavy atom. The molecule has 2 aromatic rings. The second-order valence-corrected chi connectivity index (χ2v) is 7.41. The van der Waals surface area contributed by atoms with E-state index in [-0.39, 0.29) is 35.1 Å². The summed E-state index contributed by atoms with van der Waals surface area (Å²) in [6.07, 6.45) is 0.395. The molecule has 4 N–H and O–H groups in total. The van der Waals surface area contributed by atoms with Crippen LogP contribution >= 0.6 is 0 Å². The Morgan fingerprint density at radius 2 is 2.07 bits per heavy atom. The lowest BCUT2D eigenvalue weighted by atomic mass is 10.0. The maximum Gasteiger partial charge on any atom is 0.274 e. The summed E-state index contributed by atoms with van der Waals surface area (Å²) in [6, 6.07) is 1.97. The maximum absolute atomic E-state index is 13.8. The summed E-state index contributed by atoms with van der Waals surface area (Å²) in [5, 5.41) is 12.9. The second-order valence-electron chi connectivity index (χ2n) is 7.41. The van der Waals surface area contributed by atoms with Crippen LogP contribution in [0.1, 0.15) is 57.5 Å². The van der Waals surface area contributed by atoms with Crippen LogP contribution in [0, 0.1) is 11.6 Å². The molecule has 1 aromatic heterocycles. The first kappa shape index (κ1) is 20.0. The number of carbonyl (C=O) groups excluding carboxylic acids is 2. The van der Waals surface area contributed by atoms with Crippen LogP contribution < -0.4 is 16.5 Å². The minimum Gasteiger partial charge on any atom is -0.503 e. The van der Waals surface area contributed by atoms with Crippen molar-refractivity contribution < 1.29 is 23.5 Å². The molecule has 0 saturated carbocycles. The Hall–Kier alpha value is -3.27. The van der Waals surface area contributed by atoms with E-state index in [0.29, 0.717) is 25.6 Å². The van der Waals surface area contributed by atoms with Crippen molar-refractivity contribution >= 4 is 11.8 Å². The Morgan fingerprint density at radius 1 is 1.33 bits per heavy atom. The SMILES string of the molecule is CCN1C[C@H]2C[C@H](N)c3c(C(=O)NCc4ccc(F)cc4F)c(=O)c(O)c(n32)C1=O. The van der Waals surface area contributed by atoms with E-state index in [1.54, 1.807) is 6.92 Å². The van der Waals surface area contributed by atoms with Crippen molar-refractivity contribution in [3.05, 3.63) is 62.6 Å². The molecule has 2 aliphatic heterocycles. The first-order valence-corrected chi connectivity index (χ1v) is 9.52. The number of hydrogen-bond acceptors (Lipinski definition) is 5. The number of benzene rings is 1. The average molecular weight is 418 g/mol. The number of nitrogens with zero attached hydrogens (tertiary/aromatic N) is 2. The fourth-order valence-corrected chi connectivity index (χ4v) is 4.22. The number of nitrogens with two attached hydrogens (primary N) is 1. The third-order valence-corrected chi connectivity index (χ3v) is 5.65. The number of likely N-dealkylation sites (N-methyl/N-ethyl adjacent to an activating group) is 1. The van der Waals surface area contributed by atoms with E-state index in [4.69, 9.17) is 5.73 Å². The van der Waals surface area contributed by atoms with Crippen molar-refractivity contribution in [2.24, 2.45) is 5.73 Å². The summed E-state index contributed by atoms with van der Waals surface area (Å²) < 4.78 is 28.4. The zero-order valence-electron chi connectivity index (χ0n) is 16.1. The van der Waals surface area contributed by atoms with Gasteiger partial charge in [-0.15, -0.1) is 0 Å². The van der Waals surface area contributed by atoms with E-state index in [9.17, 15) is 28.3 Å². The number of hydrogen-bond donors (Lipinski definition) is 3. The lowest BCUT2D eigenvalue weighted by Gasteiger charge is -2.33. The van der Waals surface area contributed by atoms with Gasteiger partial charge in [0.2, 0.25) is 5.43 Å². The highest BCUT2D eigenvalue weighted by Gasteiger charge is 2.43. The fraction of sp³-hybridized carbons (Fsp3) is 0.350. The maximum atomic E-state index is 13.8. The van der Waals surface area contributed by atoms with Crippen LogP contribution in [-0.2, 0) is 6.54 Å². The molecule has 30 heavy (non-hydrogen) atoms. The van der Waals surface area contributed by atoms with E-state index in [1.165, 1.54) is 15.5 Å². The summed E-state index contributed by atoms with van der Waals surface area (Å²) in [4.78, 5) is 39.8. The number of pyridine rings is 1. The molecule has 0 radical (unpaired) electrons. The van der Waals surface area contributed by atoms with E-state index in [2.05, 4.69) is 5.32 Å². The molecule has 0 spiro atoms. The molecule has 2 atom stereocenters. The Labute approximate surface area is 169 Å². The highest BCUT2D eigenvalue weighted by molar-refractivity contribution is 6.00. The molecule has 8 nitrogen and oxygen atoms in total. The molecular formula is C20H20F2N4O4. The zero-order chi connectivity index (χ0) is 21.7. The van der Waals surface area contributed by atoms with Crippen LogP contribution in [0.3, 0.4) is 0 Å². The number of halogens is 2. The van der Waals surface area contributed by atoms with Gasteiger partial charge in [0.15, 0.2) is 11.4 Å². The number of carbonyl (C=O) groups is 2. The minimum absolute atomic E-state index is 0.0272. The van der Waals surface area contributed by atoms with Crippen molar-refractivity contribution in [2.45, 2.75) is 32.0 Å². The van der Waals surface area contributed by atoms with E-state index in [1.807, 2.05) is 0 Å². The van der Waals surface area contributed by atoms with Gasteiger partial charge in [0, 0.05) is 37.3 Å². The smallest absolute Gasteiger partial charge is 0.274 e. The molecule has 3 heterocycles. The monoisotopic (exact) mass is 418 g/mol. The van der Waals surface area contributed by atoms with Crippen LogP contribution in [0.5, 0.6) is 5.75 Å². The third-order valence-electron chi connectivity index (χ3n) is 5.65. The van der Waals surface area contributed by atoms with Crippen molar-refractivity contribution in [1.82, 2.24) is 14.8 Å². The molecule has 0 aliphatic carbocycles. The minimum atomic E-state index is -1.00. The van der Waals surface area contributed by atoms with Crippen LogP contribution in [0.4, 0.5) is 8.78 Å². The molecule has 0 unspecified atom stereocenters. The summed E-state index contributed by atoms with van der Waals surface area (Å²) in [7, 11) is 0. The topological polar surface area (TPSA) is 118 Å². The molecule has 2 aliphatic rings. The molecule has 0 saturated heterocycles. The van der Waals surface area contributed by atoms with Crippen molar-refractivity contribution in [3.63, 3.8) is 0 Å². The quantitative estimate of drug-likeness (QED) is 0.689. The van der Waals surface area contributed by atoms with Gasteiger partial charge in [0.05, 0.1) is 11.7 Å². The summed E-state index contributed by atoms with van der Waals surface area (Å²) >= 11 is 0.